The van der Waals surface area contributed by atoms with Crippen molar-refractivity contribution in [3.05, 3.63) is 24.3 Å². The summed E-state index contributed by atoms with van der Waals surface area (Å²) in [6.45, 7) is 1.85. The van der Waals surface area contributed by atoms with Gasteiger partial charge in [0.1, 0.15) is 6.10 Å². The fourth-order valence-corrected chi connectivity index (χ4v) is 2.17. The third-order valence-electron chi connectivity index (χ3n) is 3.23. The van der Waals surface area contributed by atoms with E-state index in [4.69, 9.17) is 4.74 Å². The molecular formula is C13H16N6O2. The van der Waals surface area contributed by atoms with Crippen molar-refractivity contribution in [1.29, 1.82) is 0 Å². The monoisotopic (exact) mass is 288 g/mol. The zero-order valence-electron chi connectivity index (χ0n) is 11.6. The van der Waals surface area contributed by atoms with Gasteiger partial charge in [0.25, 0.3) is 5.91 Å². The molecule has 0 bridgehead atoms. The summed E-state index contributed by atoms with van der Waals surface area (Å²) in [5.74, 6) is 0.483. The first-order valence-corrected chi connectivity index (χ1v) is 6.70. The number of hydrogen-bond acceptors (Lipinski definition) is 6. The number of nitrogens with zero attached hydrogens (tertiary/aromatic N) is 4. The van der Waals surface area contributed by atoms with Crippen molar-refractivity contribution < 1.29 is 9.53 Å². The minimum Gasteiger partial charge on any atom is -0.366 e. The molecule has 1 amide bonds. The maximum Gasteiger partial charge on any atom is 0.254 e. The lowest BCUT2D eigenvalue weighted by Crippen LogP contribution is -2.45. The van der Waals surface area contributed by atoms with Crippen LogP contribution in [0.1, 0.15) is 0 Å². The summed E-state index contributed by atoms with van der Waals surface area (Å²) < 4.78 is 7.00. The second kappa shape index (κ2) is 5.98. The van der Waals surface area contributed by atoms with E-state index >= 15 is 0 Å². The van der Waals surface area contributed by atoms with Gasteiger partial charge in [-0.05, 0) is 22.6 Å². The van der Waals surface area contributed by atoms with Crippen molar-refractivity contribution in [2.45, 2.75) is 6.10 Å². The van der Waals surface area contributed by atoms with Crippen LogP contribution >= 0.6 is 0 Å². The smallest absolute Gasteiger partial charge is 0.254 e. The number of benzene rings is 1. The highest BCUT2D eigenvalue weighted by molar-refractivity contribution is 5.94. The SMILES string of the molecule is Cn1nnnc1-c1cccc(NC(=O)C2CNCCO2)c1. The van der Waals surface area contributed by atoms with Crippen molar-refractivity contribution >= 4 is 11.6 Å². The van der Waals surface area contributed by atoms with Crippen LogP contribution in [0.5, 0.6) is 0 Å². The van der Waals surface area contributed by atoms with Crippen LogP contribution in [0.25, 0.3) is 11.4 Å². The lowest BCUT2D eigenvalue weighted by atomic mass is 10.2. The summed E-state index contributed by atoms with van der Waals surface area (Å²) in [5, 5.41) is 17.3. The number of carbonyl (C=O) groups excluding carboxylic acids is 1. The number of aryl methyl sites for hydroxylation is 1. The predicted molar refractivity (Wildman–Crippen MR) is 75.5 cm³/mol. The molecule has 2 heterocycles. The average Bonchev–Trinajstić information content (AvgIpc) is 2.94. The molecule has 0 saturated carbocycles. The molecule has 8 nitrogen and oxygen atoms in total. The predicted octanol–water partition coefficient (Wildman–Crippen LogP) is -0.196. The minimum atomic E-state index is -0.459. The van der Waals surface area contributed by atoms with Crippen molar-refractivity contribution in [3.8, 4) is 11.4 Å². The van der Waals surface area contributed by atoms with E-state index in [1.807, 2.05) is 24.3 Å². The Morgan fingerprint density at radius 2 is 2.43 bits per heavy atom. The Bertz CT molecular complexity index is 635. The number of ether oxygens (including phenoxy) is 1. The number of nitrogens with one attached hydrogen (secondary N) is 2. The van der Waals surface area contributed by atoms with Gasteiger partial charge in [0.2, 0.25) is 0 Å². The molecule has 2 aromatic rings. The third kappa shape index (κ3) is 3.06. The zero-order chi connectivity index (χ0) is 14.7. The summed E-state index contributed by atoms with van der Waals surface area (Å²) in [4.78, 5) is 12.1. The molecule has 110 valence electrons. The van der Waals surface area contributed by atoms with E-state index in [1.54, 1.807) is 11.7 Å². The minimum absolute atomic E-state index is 0.157. The number of morpholine rings is 1. The van der Waals surface area contributed by atoms with Crippen LogP contribution in [0.2, 0.25) is 0 Å². The molecule has 1 saturated heterocycles. The molecule has 8 heteroatoms. The Labute approximate surface area is 121 Å². The zero-order valence-corrected chi connectivity index (χ0v) is 11.6. The van der Waals surface area contributed by atoms with Crippen LogP contribution in [-0.2, 0) is 16.6 Å². The number of hydrogen-bond donors (Lipinski definition) is 2. The Kier molecular flexibility index (Phi) is 3.89. The maximum atomic E-state index is 12.1. The normalized spacial score (nSPS) is 18.4. The van der Waals surface area contributed by atoms with Crippen LogP contribution in [0.3, 0.4) is 0 Å². The van der Waals surface area contributed by atoms with Gasteiger partial charge in [-0.25, -0.2) is 4.68 Å². The van der Waals surface area contributed by atoms with Gasteiger partial charge in [-0.2, -0.15) is 0 Å². The topological polar surface area (TPSA) is 94.0 Å². The largest absolute Gasteiger partial charge is 0.366 e. The van der Waals surface area contributed by atoms with Gasteiger partial charge < -0.3 is 15.4 Å². The van der Waals surface area contributed by atoms with E-state index in [-0.39, 0.29) is 5.91 Å². The lowest BCUT2D eigenvalue weighted by Gasteiger charge is -2.22. The number of carbonyl (C=O) groups is 1. The van der Waals surface area contributed by atoms with E-state index < -0.39 is 6.10 Å². The van der Waals surface area contributed by atoms with Crippen LogP contribution in [0, 0.1) is 0 Å². The summed E-state index contributed by atoms with van der Waals surface area (Å²) in [6, 6.07) is 7.39. The highest BCUT2D eigenvalue weighted by atomic mass is 16.5. The molecule has 1 aromatic carbocycles. The summed E-state index contributed by atoms with van der Waals surface area (Å²) in [6.07, 6.45) is -0.459. The second-order valence-corrected chi connectivity index (χ2v) is 4.76. The molecule has 0 spiro atoms. The summed E-state index contributed by atoms with van der Waals surface area (Å²) >= 11 is 0. The van der Waals surface area contributed by atoms with E-state index in [0.717, 1.165) is 12.1 Å². The van der Waals surface area contributed by atoms with Crippen molar-refractivity contribution in [3.63, 3.8) is 0 Å². The van der Waals surface area contributed by atoms with Crippen molar-refractivity contribution in [2.24, 2.45) is 7.05 Å². The molecule has 2 N–H and O–H groups in total. The molecule has 0 aliphatic carbocycles. The van der Waals surface area contributed by atoms with E-state index in [0.29, 0.717) is 24.7 Å². The fraction of sp³-hybridized carbons (Fsp3) is 0.385. The Morgan fingerprint density at radius 1 is 1.52 bits per heavy atom. The van der Waals surface area contributed by atoms with Crippen LogP contribution < -0.4 is 10.6 Å². The quantitative estimate of drug-likeness (QED) is 0.812. The molecule has 3 rings (SSSR count). The van der Waals surface area contributed by atoms with E-state index in [1.165, 1.54) is 0 Å². The van der Waals surface area contributed by atoms with E-state index in [9.17, 15) is 4.79 Å². The van der Waals surface area contributed by atoms with E-state index in [2.05, 4.69) is 26.2 Å². The molecule has 0 radical (unpaired) electrons. The number of rotatable bonds is 3. The first-order chi connectivity index (χ1) is 10.2. The van der Waals surface area contributed by atoms with Gasteiger partial charge >= 0.3 is 0 Å². The summed E-state index contributed by atoms with van der Waals surface area (Å²) in [5.41, 5.74) is 1.53. The molecule has 1 aliphatic heterocycles. The molecule has 1 fully saturated rings. The molecule has 1 aliphatic rings. The average molecular weight is 288 g/mol. The van der Waals surface area contributed by atoms with Crippen molar-refractivity contribution in [2.75, 3.05) is 25.0 Å². The standard InChI is InChI=1S/C13H16N6O2/c1-19-12(16-17-18-19)9-3-2-4-10(7-9)15-13(20)11-8-14-5-6-21-11/h2-4,7,11,14H,5-6,8H2,1H3,(H,15,20). The van der Waals surface area contributed by atoms with Gasteiger partial charge in [0.15, 0.2) is 5.82 Å². The van der Waals surface area contributed by atoms with Crippen LogP contribution in [0.4, 0.5) is 5.69 Å². The molecule has 1 atom stereocenters. The fourth-order valence-electron chi connectivity index (χ4n) is 2.17. The number of tetrazole rings is 1. The second-order valence-electron chi connectivity index (χ2n) is 4.76. The number of aromatic nitrogens is 4. The first kappa shape index (κ1) is 13.7. The number of amides is 1. The Morgan fingerprint density at radius 3 is 3.14 bits per heavy atom. The van der Waals surface area contributed by atoms with Gasteiger partial charge in [-0.15, -0.1) is 5.10 Å². The van der Waals surface area contributed by atoms with Gasteiger partial charge in [-0.1, -0.05) is 12.1 Å². The van der Waals surface area contributed by atoms with Gasteiger partial charge in [0, 0.05) is 31.4 Å². The molecular weight excluding hydrogens is 272 g/mol. The van der Waals surface area contributed by atoms with Crippen LogP contribution in [0.15, 0.2) is 24.3 Å². The highest BCUT2D eigenvalue weighted by Crippen LogP contribution is 2.19. The lowest BCUT2D eigenvalue weighted by molar-refractivity contribution is -0.128. The molecule has 1 aromatic heterocycles. The highest BCUT2D eigenvalue weighted by Gasteiger charge is 2.21. The summed E-state index contributed by atoms with van der Waals surface area (Å²) in [7, 11) is 1.77. The first-order valence-electron chi connectivity index (χ1n) is 6.70. The Hall–Kier alpha value is -2.32. The van der Waals surface area contributed by atoms with Crippen LogP contribution in [-0.4, -0.2) is 51.9 Å². The molecule has 1 unspecified atom stereocenters. The van der Waals surface area contributed by atoms with Gasteiger partial charge in [0.05, 0.1) is 6.61 Å². The van der Waals surface area contributed by atoms with Crippen molar-refractivity contribution in [1.82, 2.24) is 25.5 Å². The maximum absolute atomic E-state index is 12.1. The Balaban J connectivity index is 1.74. The molecule has 21 heavy (non-hydrogen) atoms. The van der Waals surface area contributed by atoms with Gasteiger partial charge in [-0.3, -0.25) is 4.79 Å². The number of anilines is 1. The third-order valence-corrected chi connectivity index (χ3v) is 3.23.